The predicted molar refractivity (Wildman–Crippen MR) is 78.2 cm³/mol. The molecule has 1 heterocycles. The highest BCUT2D eigenvalue weighted by molar-refractivity contribution is 5.78. The smallest absolute Gasteiger partial charge is 0.226 e. The van der Waals surface area contributed by atoms with E-state index in [4.69, 9.17) is 0 Å². The summed E-state index contributed by atoms with van der Waals surface area (Å²) in [5.41, 5.74) is 2.35. The molecular weight excluding hydrogens is 236 g/mol. The van der Waals surface area contributed by atoms with Crippen LogP contribution in [0.1, 0.15) is 30.9 Å². The first kappa shape index (κ1) is 14.1. The van der Waals surface area contributed by atoms with Gasteiger partial charge in [0.2, 0.25) is 5.91 Å². The Bertz CT molecular complexity index is 405. The molecule has 0 atom stereocenters. The van der Waals surface area contributed by atoms with Gasteiger partial charge >= 0.3 is 0 Å². The van der Waals surface area contributed by atoms with E-state index in [9.17, 15) is 4.79 Å². The number of nitrogens with one attached hydrogen (secondary N) is 1. The number of rotatable bonds is 4. The molecule has 1 aliphatic rings. The summed E-state index contributed by atoms with van der Waals surface area (Å²) in [5.74, 6) is 0.263. The molecule has 3 nitrogen and oxygen atoms in total. The Hall–Kier alpha value is -1.35. The van der Waals surface area contributed by atoms with Crippen molar-refractivity contribution in [2.24, 2.45) is 0 Å². The normalized spacial score (nSPS) is 16.6. The zero-order chi connectivity index (χ0) is 13.7. The highest BCUT2D eigenvalue weighted by atomic mass is 16.2. The van der Waals surface area contributed by atoms with Crippen molar-refractivity contribution in [2.45, 2.75) is 39.2 Å². The molecule has 1 aromatic carbocycles. The van der Waals surface area contributed by atoms with Gasteiger partial charge in [-0.15, -0.1) is 0 Å². The molecule has 1 saturated heterocycles. The number of hydrogen-bond donors (Lipinski definition) is 1. The van der Waals surface area contributed by atoms with Gasteiger partial charge in [-0.2, -0.15) is 0 Å². The van der Waals surface area contributed by atoms with Crippen LogP contribution in [-0.2, 0) is 11.2 Å². The van der Waals surface area contributed by atoms with Crippen LogP contribution >= 0.6 is 0 Å². The minimum absolute atomic E-state index is 0.263. The van der Waals surface area contributed by atoms with Gasteiger partial charge in [-0.1, -0.05) is 36.8 Å². The van der Waals surface area contributed by atoms with E-state index in [0.29, 0.717) is 12.5 Å². The molecular formula is C16H24N2O. The lowest BCUT2D eigenvalue weighted by atomic mass is 10.0. The molecule has 0 aromatic heterocycles. The molecule has 0 saturated carbocycles. The minimum Gasteiger partial charge on any atom is -0.342 e. The highest BCUT2D eigenvalue weighted by Gasteiger charge is 2.21. The van der Waals surface area contributed by atoms with E-state index in [1.807, 2.05) is 4.90 Å². The first-order valence-electron chi connectivity index (χ1n) is 7.25. The quantitative estimate of drug-likeness (QED) is 0.899. The third kappa shape index (κ3) is 4.06. The Morgan fingerprint density at radius 1 is 1.26 bits per heavy atom. The number of carbonyl (C=O) groups excluding carboxylic acids is 1. The maximum Gasteiger partial charge on any atom is 0.226 e. The van der Waals surface area contributed by atoms with Crippen molar-refractivity contribution in [1.82, 2.24) is 10.2 Å². The van der Waals surface area contributed by atoms with E-state index >= 15 is 0 Å². The van der Waals surface area contributed by atoms with Crippen molar-refractivity contribution in [2.75, 3.05) is 19.6 Å². The van der Waals surface area contributed by atoms with Crippen LogP contribution < -0.4 is 5.32 Å². The Balaban J connectivity index is 1.83. The Morgan fingerprint density at radius 3 is 2.47 bits per heavy atom. The number of piperidine rings is 1. The molecule has 1 aromatic rings. The highest BCUT2D eigenvalue weighted by Crippen LogP contribution is 2.12. The van der Waals surface area contributed by atoms with Gasteiger partial charge in [0, 0.05) is 19.1 Å². The van der Waals surface area contributed by atoms with Crippen molar-refractivity contribution in [1.29, 1.82) is 0 Å². The molecule has 19 heavy (non-hydrogen) atoms. The van der Waals surface area contributed by atoms with Crippen LogP contribution in [0.25, 0.3) is 0 Å². The Kier molecular flexibility index (Phi) is 4.97. The molecule has 1 fully saturated rings. The summed E-state index contributed by atoms with van der Waals surface area (Å²) in [6.45, 7) is 7.00. The molecule has 0 aliphatic carbocycles. The topological polar surface area (TPSA) is 32.3 Å². The molecule has 0 spiro atoms. The third-order valence-corrected chi connectivity index (χ3v) is 3.82. The summed E-state index contributed by atoms with van der Waals surface area (Å²) in [4.78, 5) is 14.2. The van der Waals surface area contributed by atoms with E-state index in [1.54, 1.807) is 0 Å². The van der Waals surface area contributed by atoms with Gasteiger partial charge in [0.05, 0.1) is 6.42 Å². The van der Waals surface area contributed by atoms with E-state index in [0.717, 1.165) is 38.0 Å². The van der Waals surface area contributed by atoms with E-state index in [1.165, 1.54) is 5.56 Å². The second-order valence-electron chi connectivity index (χ2n) is 5.38. The molecule has 3 heteroatoms. The Morgan fingerprint density at radius 2 is 1.89 bits per heavy atom. The fourth-order valence-electron chi connectivity index (χ4n) is 2.61. The summed E-state index contributed by atoms with van der Waals surface area (Å²) in [6, 6.07) is 8.84. The molecule has 0 bridgehead atoms. The average molecular weight is 260 g/mol. The standard InChI is InChI=1S/C16H24N2O/c1-3-17-15-8-10-18(11-9-15)16(19)12-14-6-4-13(2)5-7-14/h4-7,15,17H,3,8-12H2,1-2H3. The lowest BCUT2D eigenvalue weighted by Gasteiger charge is -2.32. The molecule has 0 unspecified atom stereocenters. The number of likely N-dealkylation sites (tertiary alicyclic amines) is 1. The van der Waals surface area contributed by atoms with Crippen molar-refractivity contribution < 1.29 is 4.79 Å². The fourth-order valence-corrected chi connectivity index (χ4v) is 2.61. The molecule has 0 radical (unpaired) electrons. The van der Waals surface area contributed by atoms with Gasteiger partial charge in [-0.25, -0.2) is 0 Å². The van der Waals surface area contributed by atoms with Gasteiger partial charge in [0.25, 0.3) is 0 Å². The number of amides is 1. The van der Waals surface area contributed by atoms with E-state index in [2.05, 4.69) is 43.4 Å². The third-order valence-electron chi connectivity index (χ3n) is 3.82. The maximum atomic E-state index is 12.2. The number of aryl methyl sites for hydroxylation is 1. The first-order chi connectivity index (χ1) is 9.19. The number of carbonyl (C=O) groups is 1. The fraction of sp³-hybridized carbons (Fsp3) is 0.562. The molecule has 2 rings (SSSR count). The monoisotopic (exact) mass is 260 g/mol. The van der Waals surface area contributed by atoms with Crippen LogP contribution in [0.5, 0.6) is 0 Å². The van der Waals surface area contributed by atoms with Crippen molar-refractivity contribution in [3.8, 4) is 0 Å². The number of hydrogen-bond acceptors (Lipinski definition) is 2. The van der Waals surface area contributed by atoms with Gasteiger partial charge in [-0.3, -0.25) is 4.79 Å². The van der Waals surface area contributed by atoms with Gasteiger partial charge in [0.1, 0.15) is 0 Å². The first-order valence-corrected chi connectivity index (χ1v) is 7.25. The van der Waals surface area contributed by atoms with Crippen LogP contribution in [0.4, 0.5) is 0 Å². The van der Waals surface area contributed by atoms with Gasteiger partial charge < -0.3 is 10.2 Å². The van der Waals surface area contributed by atoms with Crippen LogP contribution in [0, 0.1) is 6.92 Å². The SMILES string of the molecule is CCNC1CCN(C(=O)Cc2ccc(C)cc2)CC1. The summed E-state index contributed by atoms with van der Waals surface area (Å²) < 4.78 is 0. The number of benzene rings is 1. The van der Waals surface area contributed by atoms with Crippen molar-refractivity contribution in [3.63, 3.8) is 0 Å². The predicted octanol–water partition coefficient (Wildman–Crippen LogP) is 2.14. The second-order valence-corrected chi connectivity index (χ2v) is 5.38. The number of nitrogens with zero attached hydrogens (tertiary/aromatic N) is 1. The lowest BCUT2D eigenvalue weighted by molar-refractivity contribution is -0.131. The zero-order valence-electron chi connectivity index (χ0n) is 12.0. The molecule has 1 amide bonds. The summed E-state index contributed by atoms with van der Waals surface area (Å²) in [6.07, 6.45) is 2.69. The summed E-state index contributed by atoms with van der Waals surface area (Å²) >= 11 is 0. The van der Waals surface area contributed by atoms with Gasteiger partial charge in [0.15, 0.2) is 0 Å². The van der Waals surface area contributed by atoms with Crippen LogP contribution in [0.15, 0.2) is 24.3 Å². The largest absolute Gasteiger partial charge is 0.342 e. The van der Waals surface area contributed by atoms with Crippen molar-refractivity contribution >= 4 is 5.91 Å². The van der Waals surface area contributed by atoms with E-state index < -0.39 is 0 Å². The van der Waals surface area contributed by atoms with E-state index in [-0.39, 0.29) is 5.91 Å². The average Bonchev–Trinajstić information content (AvgIpc) is 2.42. The molecule has 104 valence electrons. The van der Waals surface area contributed by atoms with Gasteiger partial charge in [-0.05, 0) is 31.9 Å². The maximum absolute atomic E-state index is 12.2. The second kappa shape index (κ2) is 6.71. The van der Waals surface area contributed by atoms with Crippen LogP contribution in [0.3, 0.4) is 0 Å². The summed E-state index contributed by atoms with van der Waals surface area (Å²) in [5, 5.41) is 3.46. The van der Waals surface area contributed by atoms with Crippen molar-refractivity contribution in [3.05, 3.63) is 35.4 Å². The molecule has 1 aliphatic heterocycles. The Labute approximate surface area is 116 Å². The van der Waals surface area contributed by atoms with Crippen LogP contribution in [-0.4, -0.2) is 36.5 Å². The minimum atomic E-state index is 0.263. The zero-order valence-corrected chi connectivity index (χ0v) is 12.0. The molecule has 1 N–H and O–H groups in total. The summed E-state index contributed by atoms with van der Waals surface area (Å²) in [7, 11) is 0. The van der Waals surface area contributed by atoms with Crippen LogP contribution in [0.2, 0.25) is 0 Å². The lowest BCUT2D eigenvalue weighted by Crippen LogP contribution is -2.45.